The number of rotatable bonds is 7. The highest BCUT2D eigenvalue weighted by molar-refractivity contribution is 7.33. The minimum Gasteiger partial charge on any atom is -0.392 e. The summed E-state index contributed by atoms with van der Waals surface area (Å²) in [7, 11) is -0.636. The van der Waals surface area contributed by atoms with Crippen LogP contribution in [0.4, 0.5) is 0 Å². The molecule has 2 rings (SSSR count). The Morgan fingerprint density at radius 1 is 0.952 bits per heavy atom. The van der Waals surface area contributed by atoms with Crippen molar-refractivity contribution in [3.8, 4) is 11.1 Å². The molecule has 0 saturated heterocycles. The van der Waals surface area contributed by atoms with E-state index >= 15 is 0 Å². The third-order valence-electron chi connectivity index (χ3n) is 3.16. The zero-order chi connectivity index (χ0) is 15.1. The molecule has 0 aliphatic heterocycles. The van der Waals surface area contributed by atoms with E-state index in [-0.39, 0.29) is 6.61 Å². The summed E-state index contributed by atoms with van der Waals surface area (Å²) in [5.41, 5.74) is 4.24. The maximum Gasteiger partial charge on any atom is 0.697 e. The topological polar surface area (TPSA) is 55.8 Å². The van der Waals surface area contributed by atoms with Crippen LogP contribution in [0.1, 0.15) is 11.1 Å². The van der Waals surface area contributed by atoms with Gasteiger partial charge in [0.25, 0.3) is 0 Å². The smallest absolute Gasteiger partial charge is 0.392 e. The van der Waals surface area contributed by atoms with E-state index in [1.807, 2.05) is 48.5 Å². The molecule has 0 saturated carbocycles. The standard InChI is InChI=1S/C16H18O4P/c1-19-21(18)20-11-10-13-2-6-15(7-3-13)16-8-4-14(12-17)5-9-16/h2-9,17H,10-12H2,1H3/q+1. The van der Waals surface area contributed by atoms with Crippen molar-refractivity contribution in [2.24, 2.45) is 0 Å². The first-order chi connectivity index (χ1) is 10.2. The SMILES string of the molecule is CO[P+](=O)OCCc1ccc(-c2ccc(CO)cc2)cc1. The van der Waals surface area contributed by atoms with Gasteiger partial charge in [-0.1, -0.05) is 48.5 Å². The van der Waals surface area contributed by atoms with E-state index in [1.54, 1.807) is 0 Å². The normalized spacial score (nSPS) is 11.4. The summed E-state index contributed by atoms with van der Waals surface area (Å²) in [6.07, 6.45) is 0.689. The second-order valence-corrected chi connectivity index (χ2v) is 5.61. The zero-order valence-corrected chi connectivity index (χ0v) is 12.8. The highest BCUT2D eigenvalue weighted by Crippen LogP contribution is 2.23. The fourth-order valence-electron chi connectivity index (χ4n) is 1.96. The largest absolute Gasteiger partial charge is 0.697 e. The molecule has 0 aliphatic carbocycles. The molecule has 1 unspecified atom stereocenters. The fraction of sp³-hybridized carbons (Fsp3) is 0.250. The molecule has 21 heavy (non-hydrogen) atoms. The Bertz CT molecular complexity index is 578. The Hall–Kier alpha value is -1.58. The minimum atomic E-state index is -1.99. The van der Waals surface area contributed by atoms with Gasteiger partial charge in [0.05, 0.1) is 13.7 Å². The lowest BCUT2D eigenvalue weighted by atomic mass is 10.0. The van der Waals surface area contributed by atoms with Crippen LogP contribution in [0.25, 0.3) is 11.1 Å². The third-order valence-corrected chi connectivity index (χ3v) is 3.85. The molecule has 0 radical (unpaired) electrons. The van der Waals surface area contributed by atoms with Crippen molar-refractivity contribution in [2.75, 3.05) is 13.7 Å². The van der Waals surface area contributed by atoms with Crippen LogP contribution in [0.15, 0.2) is 48.5 Å². The lowest BCUT2D eigenvalue weighted by Crippen LogP contribution is -1.93. The van der Waals surface area contributed by atoms with Crippen LogP contribution in [0.5, 0.6) is 0 Å². The molecule has 0 aliphatic rings. The molecule has 0 bridgehead atoms. The van der Waals surface area contributed by atoms with Gasteiger partial charge in [-0.2, -0.15) is 0 Å². The molecule has 1 N–H and O–H groups in total. The van der Waals surface area contributed by atoms with Crippen LogP contribution >= 0.6 is 8.25 Å². The lowest BCUT2D eigenvalue weighted by molar-refractivity contribution is 0.259. The molecule has 2 aromatic carbocycles. The quantitative estimate of drug-likeness (QED) is 0.792. The van der Waals surface area contributed by atoms with Crippen LogP contribution in [0.2, 0.25) is 0 Å². The molecule has 0 heterocycles. The first-order valence-electron chi connectivity index (χ1n) is 6.66. The van der Waals surface area contributed by atoms with Gasteiger partial charge in [0.15, 0.2) is 0 Å². The number of aliphatic hydroxyl groups excluding tert-OH is 1. The Morgan fingerprint density at radius 2 is 1.48 bits per heavy atom. The average Bonchev–Trinajstić information content (AvgIpc) is 2.55. The van der Waals surface area contributed by atoms with E-state index in [0.29, 0.717) is 13.0 Å². The maximum atomic E-state index is 11.0. The van der Waals surface area contributed by atoms with Gasteiger partial charge in [0.2, 0.25) is 0 Å². The van der Waals surface area contributed by atoms with Gasteiger partial charge >= 0.3 is 8.25 Å². The molecule has 0 amide bonds. The Morgan fingerprint density at radius 3 is 1.95 bits per heavy atom. The van der Waals surface area contributed by atoms with Crippen molar-refractivity contribution >= 4 is 8.25 Å². The highest BCUT2D eigenvalue weighted by atomic mass is 31.1. The number of aliphatic hydroxyl groups is 1. The molecule has 2 aromatic rings. The number of benzene rings is 2. The first kappa shape index (κ1) is 15.8. The summed E-state index contributed by atoms with van der Waals surface area (Å²) in [6, 6.07) is 16.0. The third kappa shape index (κ3) is 4.73. The van der Waals surface area contributed by atoms with Gasteiger partial charge in [-0.15, -0.1) is 9.05 Å². The minimum absolute atomic E-state index is 0.0585. The van der Waals surface area contributed by atoms with Crippen molar-refractivity contribution in [3.63, 3.8) is 0 Å². The molecular weight excluding hydrogens is 287 g/mol. The van der Waals surface area contributed by atoms with Gasteiger partial charge in [-0.25, -0.2) is 0 Å². The molecular formula is C16H18O4P+. The van der Waals surface area contributed by atoms with Crippen molar-refractivity contribution < 1.29 is 18.7 Å². The predicted molar refractivity (Wildman–Crippen MR) is 82.1 cm³/mol. The second kappa shape index (κ2) is 8.01. The van der Waals surface area contributed by atoms with Crippen LogP contribution in [0.3, 0.4) is 0 Å². The van der Waals surface area contributed by atoms with Gasteiger partial charge < -0.3 is 5.11 Å². The van der Waals surface area contributed by atoms with Gasteiger partial charge in [0, 0.05) is 11.0 Å². The number of hydrogen-bond acceptors (Lipinski definition) is 4. The van der Waals surface area contributed by atoms with Gasteiger partial charge in [0.1, 0.15) is 6.61 Å². The molecule has 0 aromatic heterocycles. The Labute approximate surface area is 125 Å². The van der Waals surface area contributed by atoms with Crippen LogP contribution in [-0.4, -0.2) is 18.8 Å². The Balaban J connectivity index is 1.96. The van der Waals surface area contributed by atoms with E-state index in [4.69, 9.17) is 9.63 Å². The van der Waals surface area contributed by atoms with Crippen LogP contribution < -0.4 is 0 Å². The van der Waals surface area contributed by atoms with E-state index < -0.39 is 8.25 Å². The zero-order valence-electron chi connectivity index (χ0n) is 11.9. The molecule has 0 spiro atoms. The van der Waals surface area contributed by atoms with E-state index in [2.05, 4.69) is 4.52 Å². The van der Waals surface area contributed by atoms with Crippen LogP contribution in [0, 0.1) is 0 Å². The monoisotopic (exact) mass is 305 g/mol. The first-order valence-corrected chi connectivity index (χ1v) is 7.76. The molecule has 110 valence electrons. The summed E-state index contributed by atoms with van der Waals surface area (Å²) in [5, 5.41) is 9.03. The summed E-state index contributed by atoms with van der Waals surface area (Å²) in [4.78, 5) is 0. The second-order valence-electron chi connectivity index (χ2n) is 4.54. The van der Waals surface area contributed by atoms with Crippen molar-refractivity contribution in [1.29, 1.82) is 0 Å². The maximum absolute atomic E-state index is 11.0. The molecule has 1 atom stereocenters. The van der Waals surface area contributed by atoms with Gasteiger partial charge in [-0.3, -0.25) is 0 Å². The summed E-state index contributed by atoms with van der Waals surface area (Å²) >= 11 is 0. The summed E-state index contributed by atoms with van der Waals surface area (Å²) in [5.74, 6) is 0. The molecule has 5 heteroatoms. The van der Waals surface area contributed by atoms with E-state index in [1.165, 1.54) is 7.11 Å². The summed E-state index contributed by atoms with van der Waals surface area (Å²) in [6.45, 7) is 0.427. The van der Waals surface area contributed by atoms with Crippen LogP contribution in [-0.2, 0) is 26.6 Å². The van der Waals surface area contributed by atoms with Gasteiger partial charge in [-0.05, 0) is 22.3 Å². The molecule has 0 fully saturated rings. The average molecular weight is 305 g/mol. The molecule has 4 nitrogen and oxygen atoms in total. The predicted octanol–water partition coefficient (Wildman–Crippen LogP) is 3.71. The highest BCUT2D eigenvalue weighted by Gasteiger charge is 2.15. The Kier molecular flexibility index (Phi) is 6.03. The lowest BCUT2D eigenvalue weighted by Gasteiger charge is -2.04. The van der Waals surface area contributed by atoms with E-state index in [9.17, 15) is 4.57 Å². The number of hydrogen-bond donors (Lipinski definition) is 1. The fourth-order valence-corrected chi connectivity index (χ4v) is 2.30. The van der Waals surface area contributed by atoms with Crippen molar-refractivity contribution in [1.82, 2.24) is 0 Å². The summed E-state index contributed by atoms with van der Waals surface area (Å²) < 4.78 is 20.5. The van der Waals surface area contributed by atoms with E-state index in [0.717, 1.165) is 22.3 Å². The van der Waals surface area contributed by atoms with Crippen molar-refractivity contribution in [2.45, 2.75) is 13.0 Å². The van der Waals surface area contributed by atoms with Crippen molar-refractivity contribution in [3.05, 3.63) is 59.7 Å².